The Hall–Kier alpha value is -2.41. The first-order chi connectivity index (χ1) is 9.67. The van der Waals surface area contributed by atoms with Crippen molar-refractivity contribution in [1.29, 1.82) is 0 Å². The predicted octanol–water partition coefficient (Wildman–Crippen LogP) is 2.85. The van der Waals surface area contributed by atoms with Crippen LogP contribution in [-0.4, -0.2) is 23.2 Å². The standard InChI is InChI=1S/C13H11N3O3S/c1-7-6-8(16-19-7)12(17)15-13-14-11-9(18-2)4-3-5-10(11)20-13/h3-6H,1-2H3,(H,14,15,17). The van der Waals surface area contributed by atoms with E-state index < -0.39 is 0 Å². The van der Waals surface area contributed by atoms with Crippen molar-refractivity contribution in [3.8, 4) is 5.75 Å². The second kappa shape index (κ2) is 4.93. The first-order valence-electron chi connectivity index (χ1n) is 5.85. The van der Waals surface area contributed by atoms with Crippen LogP contribution in [-0.2, 0) is 0 Å². The van der Waals surface area contributed by atoms with Gasteiger partial charge in [0.1, 0.15) is 17.0 Å². The number of benzene rings is 1. The lowest BCUT2D eigenvalue weighted by Crippen LogP contribution is -2.11. The van der Waals surface area contributed by atoms with Gasteiger partial charge in [-0.25, -0.2) is 4.98 Å². The van der Waals surface area contributed by atoms with Gasteiger partial charge in [0.2, 0.25) is 0 Å². The van der Waals surface area contributed by atoms with Gasteiger partial charge >= 0.3 is 0 Å². The zero-order valence-electron chi connectivity index (χ0n) is 10.8. The molecule has 1 aromatic carbocycles. The fourth-order valence-electron chi connectivity index (χ4n) is 1.78. The van der Waals surface area contributed by atoms with Crippen LogP contribution in [0.3, 0.4) is 0 Å². The molecule has 3 aromatic rings. The first kappa shape index (κ1) is 12.6. The predicted molar refractivity (Wildman–Crippen MR) is 75.4 cm³/mol. The molecule has 1 amide bonds. The number of carbonyl (C=O) groups is 1. The SMILES string of the molecule is COc1cccc2sc(NC(=O)c3cc(C)on3)nc12. The molecule has 0 aliphatic rings. The average Bonchev–Trinajstić information content (AvgIpc) is 3.03. The number of fused-ring (bicyclic) bond motifs is 1. The smallest absolute Gasteiger partial charge is 0.279 e. The fraction of sp³-hybridized carbons (Fsp3) is 0.154. The van der Waals surface area contributed by atoms with Crippen LogP contribution in [0.25, 0.3) is 10.2 Å². The highest BCUT2D eigenvalue weighted by molar-refractivity contribution is 7.22. The van der Waals surface area contributed by atoms with Gasteiger partial charge in [0.05, 0.1) is 11.8 Å². The molecule has 0 fully saturated rings. The molecule has 0 bridgehead atoms. The number of ether oxygens (including phenoxy) is 1. The molecule has 0 aliphatic heterocycles. The zero-order valence-corrected chi connectivity index (χ0v) is 11.7. The number of nitrogens with zero attached hydrogens (tertiary/aromatic N) is 2. The molecule has 1 N–H and O–H groups in total. The minimum atomic E-state index is -0.347. The highest BCUT2D eigenvalue weighted by Crippen LogP contribution is 2.32. The number of anilines is 1. The van der Waals surface area contributed by atoms with Gasteiger partial charge in [0, 0.05) is 6.07 Å². The van der Waals surface area contributed by atoms with Gasteiger partial charge in [-0.2, -0.15) is 0 Å². The molecule has 7 heteroatoms. The minimum Gasteiger partial charge on any atom is -0.494 e. The monoisotopic (exact) mass is 289 g/mol. The van der Waals surface area contributed by atoms with Crippen LogP contribution >= 0.6 is 11.3 Å². The van der Waals surface area contributed by atoms with Crippen molar-refractivity contribution < 1.29 is 14.1 Å². The minimum absolute atomic E-state index is 0.230. The van der Waals surface area contributed by atoms with Crippen molar-refractivity contribution in [2.75, 3.05) is 12.4 Å². The Bertz CT molecular complexity index is 778. The van der Waals surface area contributed by atoms with E-state index in [1.165, 1.54) is 11.3 Å². The Balaban J connectivity index is 1.89. The molecule has 0 unspecified atom stereocenters. The molecule has 0 saturated carbocycles. The van der Waals surface area contributed by atoms with Gasteiger partial charge in [-0.15, -0.1) is 0 Å². The lowest BCUT2D eigenvalue weighted by molar-refractivity contribution is 0.101. The number of carbonyl (C=O) groups excluding carboxylic acids is 1. The molecule has 6 nitrogen and oxygen atoms in total. The van der Waals surface area contributed by atoms with Gasteiger partial charge in [-0.3, -0.25) is 10.1 Å². The molecule has 0 atom stereocenters. The summed E-state index contributed by atoms with van der Waals surface area (Å²) in [6, 6.07) is 7.20. The summed E-state index contributed by atoms with van der Waals surface area (Å²) >= 11 is 1.38. The van der Waals surface area contributed by atoms with Crippen molar-refractivity contribution in [1.82, 2.24) is 10.1 Å². The molecule has 0 radical (unpaired) electrons. The van der Waals surface area contributed by atoms with E-state index >= 15 is 0 Å². The van der Waals surface area contributed by atoms with Gasteiger partial charge in [0.25, 0.3) is 5.91 Å². The van der Waals surface area contributed by atoms with Gasteiger partial charge in [-0.1, -0.05) is 22.6 Å². The molecule has 2 heterocycles. The van der Waals surface area contributed by atoms with Crippen molar-refractivity contribution >= 4 is 32.6 Å². The first-order valence-corrected chi connectivity index (χ1v) is 6.67. The van der Waals surface area contributed by atoms with Crippen molar-refractivity contribution in [2.45, 2.75) is 6.92 Å². The molecule has 102 valence electrons. The van der Waals surface area contributed by atoms with E-state index in [0.29, 0.717) is 16.6 Å². The quantitative estimate of drug-likeness (QED) is 0.802. The van der Waals surface area contributed by atoms with E-state index in [2.05, 4.69) is 15.5 Å². The summed E-state index contributed by atoms with van der Waals surface area (Å²) < 4.78 is 11.0. The Kier molecular flexibility index (Phi) is 3.11. The second-order valence-corrected chi connectivity index (χ2v) is 5.13. The topological polar surface area (TPSA) is 77.2 Å². The molecule has 20 heavy (non-hydrogen) atoms. The number of rotatable bonds is 3. The van der Waals surface area contributed by atoms with Crippen LogP contribution in [0.15, 0.2) is 28.8 Å². The zero-order chi connectivity index (χ0) is 14.1. The van der Waals surface area contributed by atoms with Gasteiger partial charge in [-0.05, 0) is 19.1 Å². The average molecular weight is 289 g/mol. The lowest BCUT2D eigenvalue weighted by Gasteiger charge is -1.98. The van der Waals surface area contributed by atoms with E-state index in [0.717, 1.165) is 10.2 Å². The number of para-hydroxylation sites is 1. The Morgan fingerprint density at radius 2 is 2.30 bits per heavy atom. The van der Waals surface area contributed by atoms with Crippen molar-refractivity contribution in [3.05, 3.63) is 35.7 Å². The van der Waals surface area contributed by atoms with Crippen LogP contribution in [0.4, 0.5) is 5.13 Å². The van der Waals surface area contributed by atoms with Gasteiger partial charge in [0.15, 0.2) is 10.8 Å². The largest absolute Gasteiger partial charge is 0.494 e. The van der Waals surface area contributed by atoms with E-state index in [-0.39, 0.29) is 11.6 Å². The van der Waals surface area contributed by atoms with Crippen LogP contribution < -0.4 is 10.1 Å². The van der Waals surface area contributed by atoms with Crippen LogP contribution in [0.5, 0.6) is 5.75 Å². The molecular formula is C13H11N3O3S. The second-order valence-electron chi connectivity index (χ2n) is 4.10. The Labute approximate surface area is 118 Å². The molecule has 0 spiro atoms. The summed E-state index contributed by atoms with van der Waals surface area (Å²) in [4.78, 5) is 16.3. The number of nitrogens with one attached hydrogen (secondary N) is 1. The normalized spacial score (nSPS) is 10.7. The maximum Gasteiger partial charge on any atom is 0.279 e. The third kappa shape index (κ3) is 2.23. The van der Waals surface area contributed by atoms with Crippen molar-refractivity contribution in [3.63, 3.8) is 0 Å². The number of amides is 1. The number of hydrogen-bond acceptors (Lipinski definition) is 6. The maximum absolute atomic E-state index is 12.0. The molecular weight excluding hydrogens is 278 g/mol. The van der Waals surface area contributed by atoms with Gasteiger partial charge < -0.3 is 9.26 Å². The molecule has 2 aromatic heterocycles. The summed E-state index contributed by atoms with van der Waals surface area (Å²) in [5.41, 5.74) is 0.959. The summed E-state index contributed by atoms with van der Waals surface area (Å²) in [6.45, 7) is 1.73. The van der Waals surface area contributed by atoms with E-state index in [9.17, 15) is 4.79 Å². The highest BCUT2D eigenvalue weighted by Gasteiger charge is 2.14. The Morgan fingerprint density at radius 3 is 3.00 bits per heavy atom. The third-order valence-corrected chi connectivity index (χ3v) is 3.62. The van der Waals surface area contributed by atoms with Crippen LogP contribution in [0, 0.1) is 6.92 Å². The molecule has 0 aliphatic carbocycles. The number of aromatic nitrogens is 2. The molecule has 3 rings (SSSR count). The van der Waals surface area contributed by atoms with E-state index in [1.807, 2.05) is 18.2 Å². The number of hydrogen-bond donors (Lipinski definition) is 1. The van der Waals surface area contributed by atoms with Crippen LogP contribution in [0.1, 0.15) is 16.2 Å². The van der Waals surface area contributed by atoms with E-state index in [4.69, 9.17) is 9.26 Å². The summed E-state index contributed by atoms with van der Waals surface area (Å²) in [5, 5.41) is 6.86. The van der Waals surface area contributed by atoms with Crippen LogP contribution in [0.2, 0.25) is 0 Å². The van der Waals surface area contributed by atoms with Crippen molar-refractivity contribution in [2.24, 2.45) is 0 Å². The highest BCUT2D eigenvalue weighted by atomic mass is 32.1. The lowest BCUT2D eigenvalue weighted by atomic mass is 10.3. The number of aryl methyl sites for hydroxylation is 1. The van der Waals surface area contributed by atoms with E-state index in [1.54, 1.807) is 20.1 Å². The maximum atomic E-state index is 12.0. The summed E-state index contributed by atoms with van der Waals surface area (Å²) in [5.74, 6) is 0.914. The molecule has 0 saturated heterocycles. The fourth-order valence-corrected chi connectivity index (χ4v) is 2.65. The summed E-state index contributed by atoms with van der Waals surface area (Å²) in [6.07, 6.45) is 0. The number of thiazole rings is 1. The summed E-state index contributed by atoms with van der Waals surface area (Å²) in [7, 11) is 1.59. The third-order valence-electron chi connectivity index (χ3n) is 2.68. The number of methoxy groups -OCH3 is 1. The Morgan fingerprint density at radius 1 is 1.45 bits per heavy atom.